The summed E-state index contributed by atoms with van der Waals surface area (Å²) in [6.07, 6.45) is 5.78. The van der Waals surface area contributed by atoms with Gasteiger partial charge >= 0.3 is 5.97 Å². The molecule has 0 saturated heterocycles. The minimum Gasteiger partial charge on any atom is -0.466 e. The minimum absolute atomic E-state index is 0.158. The van der Waals surface area contributed by atoms with Gasteiger partial charge in [0.1, 0.15) is 0 Å². The van der Waals surface area contributed by atoms with E-state index in [4.69, 9.17) is 4.74 Å². The van der Waals surface area contributed by atoms with Gasteiger partial charge in [-0.15, -0.1) is 11.3 Å². The highest BCUT2D eigenvalue weighted by Gasteiger charge is 2.20. The van der Waals surface area contributed by atoms with E-state index < -0.39 is 0 Å². The van der Waals surface area contributed by atoms with Crippen LogP contribution in [0.15, 0.2) is 35.7 Å². The van der Waals surface area contributed by atoms with Gasteiger partial charge < -0.3 is 4.74 Å². The molecule has 1 aliphatic rings. The predicted molar refractivity (Wildman–Crippen MR) is 104 cm³/mol. The van der Waals surface area contributed by atoms with Crippen LogP contribution < -0.4 is 0 Å². The van der Waals surface area contributed by atoms with Gasteiger partial charge in [-0.3, -0.25) is 4.79 Å². The van der Waals surface area contributed by atoms with Crippen molar-refractivity contribution < 1.29 is 9.53 Å². The Balaban J connectivity index is 2.01. The number of thiophene rings is 1. The third kappa shape index (κ3) is 3.81. The quantitative estimate of drug-likeness (QED) is 0.507. The van der Waals surface area contributed by atoms with Crippen molar-refractivity contribution in [1.29, 1.82) is 0 Å². The van der Waals surface area contributed by atoms with E-state index in [9.17, 15) is 4.79 Å². The Morgan fingerprint density at radius 3 is 2.92 bits per heavy atom. The SMILES string of the molecule is CCOC(=O)Cc1ccc2c(c1)C(=CCCBr)c1sccc1CC2. The van der Waals surface area contributed by atoms with Crippen molar-refractivity contribution >= 4 is 38.8 Å². The molecule has 0 bridgehead atoms. The van der Waals surface area contributed by atoms with Crippen molar-refractivity contribution in [3.63, 3.8) is 0 Å². The van der Waals surface area contributed by atoms with Crippen molar-refractivity contribution in [2.24, 2.45) is 0 Å². The highest BCUT2D eigenvalue weighted by molar-refractivity contribution is 9.09. The molecule has 0 fully saturated rings. The summed E-state index contributed by atoms with van der Waals surface area (Å²) < 4.78 is 5.09. The number of hydrogen-bond acceptors (Lipinski definition) is 3. The van der Waals surface area contributed by atoms with E-state index in [1.165, 1.54) is 27.1 Å². The van der Waals surface area contributed by atoms with Crippen molar-refractivity contribution in [3.05, 3.63) is 62.9 Å². The van der Waals surface area contributed by atoms with Crippen molar-refractivity contribution in [2.75, 3.05) is 11.9 Å². The van der Waals surface area contributed by atoms with E-state index in [2.05, 4.69) is 51.7 Å². The van der Waals surface area contributed by atoms with E-state index in [1.807, 2.05) is 18.3 Å². The van der Waals surface area contributed by atoms with Gasteiger partial charge in [-0.1, -0.05) is 40.2 Å². The second-order valence-corrected chi connectivity index (χ2v) is 7.55. The third-order valence-electron chi connectivity index (χ3n) is 4.23. The van der Waals surface area contributed by atoms with Crippen LogP contribution in [0.1, 0.15) is 40.5 Å². The van der Waals surface area contributed by atoms with Gasteiger partial charge in [-0.2, -0.15) is 0 Å². The number of esters is 1. The number of halogens is 1. The first-order valence-corrected chi connectivity index (χ1v) is 10.3. The number of fused-ring (bicyclic) bond motifs is 2. The van der Waals surface area contributed by atoms with Crippen LogP contribution in [-0.2, 0) is 28.8 Å². The number of ether oxygens (including phenoxy) is 1. The number of carbonyl (C=O) groups is 1. The number of hydrogen-bond donors (Lipinski definition) is 0. The summed E-state index contributed by atoms with van der Waals surface area (Å²) >= 11 is 5.34. The fraction of sp³-hybridized carbons (Fsp3) is 0.350. The normalized spacial score (nSPS) is 14.8. The molecule has 126 valence electrons. The van der Waals surface area contributed by atoms with Crippen LogP contribution in [0.4, 0.5) is 0 Å². The monoisotopic (exact) mass is 404 g/mol. The standard InChI is InChI=1S/C20H21BrO2S/c1-2-23-19(22)13-14-5-6-15-7-8-16-9-11-24-20(16)17(4-3-10-21)18(15)12-14/h4-6,9,11-12H,2-3,7-8,10,13H2,1H3. The Labute approximate surface area is 155 Å². The molecule has 0 saturated carbocycles. The number of carbonyl (C=O) groups excluding carboxylic acids is 1. The van der Waals surface area contributed by atoms with E-state index in [0.29, 0.717) is 13.0 Å². The van der Waals surface area contributed by atoms with Gasteiger partial charge in [0, 0.05) is 10.2 Å². The van der Waals surface area contributed by atoms with Crippen LogP contribution in [0.2, 0.25) is 0 Å². The molecule has 1 aliphatic carbocycles. The summed E-state index contributed by atoms with van der Waals surface area (Å²) in [5, 5.41) is 3.13. The number of rotatable bonds is 5. The first-order valence-electron chi connectivity index (χ1n) is 8.33. The number of allylic oxidation sites excluding steroid dienone is 1. The highest BCUT2D eigenvalue weighted by Crippen LogP contribution is 2.37. The summed E-state index contributed by atoms with van der Waals surface area (Å²) in [4.78, 5) is 13.2. The van der Waals surface area contributed by atoms with Gasteiger partial charge in [-0.25, -0.2) is 0 Å². The smallest absolute Gasteiger partial charge is 0.310 e. The Morgan fingerprint density at radius 2 is 2.12 bits per heavy atom. The number of benzene rings is 1. The van der Waals surface area contributed by atoms with Crippen molar-refractivity contribution in [3.8, 4) is 0 Å². The molecule has 0 N–H and O–H groups in total. The lowest BCUT2D eigenvalue weighted by molar-refractivity contribution is -0.142. The van der Waals surface area contributed by atoms with E-state index in [1.54, 1.807) is 0 Å². The van der Waals surface area contributed by atoms with Crippen LogP contribution in [0.5, 0.6) is 0 Å². The second kappa shape index (κ2) is 8.13. The van der Waals surface area contributed by atoms with Crippen LogP contribution in [-0.4, -0.2) is 17.9 Å². The maximum absolute atomic E-state index is 11.8. The van der Waals surface area contributed by atoms with Crippen LogP contribution >= 0.6 is 27.3 Å². The number of aryl methyl sites for hydroxylation is 2. The summed E-state index contributed by atoms with van der Waals surface area (Å²) in [6.45, 7) is 2.27. The minimum atomic E-state index is -0.158. The molecule has 0 atom stereocenters. The maximum Gasteiger partial charge on any atom is 0.310 e. The lowest BCUT2D eigenvalue weighted by Crippen LogP contribution is -2.08. The fourth-order valence-electron chi connectivity index (χ4n) is 3.14. The molecule has 1 heterocycles. The highest BCUT2D eigenvalue weighted by atomic mass is 79.9. The molecule has 0 aliphatic heterocycles. The van der Waals surface area contributed by atoms with Crippen LogP contribution in [0.25, 0.3) is 5.57 Å². The lowest BCUT2D eigenvalue weighted by atomic mass is 9.95. The molecule has 0 unspecified atom stereocenters. The molecule has 2 nitrogen and oxygen atoms in total. The Morgan fingerprint density at radius 1 is 1.29 bits per heavy atom. The zero-order valence-electron chi connectivity index (χ0n) is 13.8. The van der Waals surface area contributed by atoms with Gasteiger partial charge in [0.25, 0.3) is 0 Å². The third-order valence-corrected chi connectivity index (χ3v) is 5.68. The molecule has 3 rings (SSSR count). The second-order valence-electron chi connectivity index (χ2n) is 5.84. The molecule has 0 radical (unpaired) electrons. The first-order chi connectivity index (χ1) is 11.7. The molecular weight excluding hydrogens is 384 g/mol. The molecular formula is C20H21BrO2S. The summed E-state index contributed by atoms with van der Waals surface area (Å²) in [7, 11) is 0. The van der Waals surface area contributed by atoms with E-state index in [0.717, 1.165) is 30.2 Å². The van der Waals surface area contributed by atoms with Crippen molar-refractivity contribution in [1.82, 2.24) is 0 Å². The summed E-state index contributed by atoms with van der Waals surface area (Å²) in [5.74, 6) is -0.158. The van der Waals surface area contributed by atoms with Gasteiger partial charge in [0.2, 0.25) is 0 Å². The molecule has 0 amide bonds. The fourth-order valence-corrected chi connectivity index (χ4v) is 4.38. The zero-order valence-corrected chi connectivity index (χ0v) is 16.2. The van der Waals surface area contributed by atoms with E-state index >= 15 is 0 Å². The Hall–Kier alpha value is -1.39. The maximum atomic E-state index is 11.8. The van der Waals surface area contributed by atoms with Crippen LogP contribution in [0.3, 0.4) is 0 Å². The summed E-state index contributed by atoms with van der Waals surface area (Å²) in [6, 6.07) is 8.67. The molecule has 24 heavy (non-hydrogen) atoms. The topological polar surface area (TPSA) is 26.3 Å². The summed E-state index contributed by atoms with van der Waals surface area (Å²) in [5.41, 5.74) is 6.42. The van der Waals surface area contributed by atoms with Crippen LogP contribution in [0, 0.1) is 0 Å². The lowest BCUT2D eigenvalue weighted by Gasteiger charge is -2.12. The average molecular weight is 405 g/mol. The Kier molecular flexibility index (Phi) is 5.90. The molecule has 2 aromatic rings. The molecule has 1 aromatic heterocycles. The first kappa shape index (κ1) is 17.4. The average Bonchev–Trinajstić information content (AvgIpc) is 2.98. The largest absolute Gasteiger partial charge is 0.466 e. The van der Waals surface area contributed by atoms with Gasteiger partial charge in [0.05, 0.1) is 13.0 Å². The molecule has 4 heteroatoms. The molecule has 1 aromatic carbocycles. The van der Waals surface area contributed by atoms with Gasteiger partial charge in [-0.05, 0) is 65.5 Å². The van der Waals surface area contributed by atoms with Gasteiger partial charge in [0.15, 0.2) is 0 Å². The van der Waals surface area contributed by atoms with E-state index in [-0.39, 0.29) is 5.97 Å². The number of alkyl halides is 1. The predicted octanol–water partition coefficient (Wildman–Crippen LogP) is 5.17. The zero-order chi connectivity index (χ0) is 16.9. The van der Waals surface area contributed by atoms with Crippen molar-refractivity contribution in [2.45, 2.75) is 32.6 Å². The molecule has 0 spiro atoms. The Bertz CT molecular complexity index is 761.